The third-order valence-corrected chi connectivity index (χ3v) is 3.80. The van der Waals surface area contributed by atoms with Crippen LogP contribution in [0.1, 0.15) is 21.5 Å². The van der Waals surface area contributed by atoms with Crippen LogP contribution in [0.2, 0.25) is 0 Å². The molecule has 0 amide bonds. The molecule has 3 aromatic carbocycles. The van der Waals surface area contributed by atoms with Gasteiger partial charge in [-0.05, 0) is 54.8 Å². The number of ether oxygens (including phenoxy) is 1. The van der Waals surface area contributed by atoms with E-state index < -0.39 is 11.8 Å². The van der Waals surface area contributed by atoms with Crippen LogP contribution in [0.15, 0.2) is 66.7 Å². The second kappa shape index (κ2) is 6.67. The Balaban J connectivity index is 1.77. The molecule has 0 spiro atoms. The average Bonchev–Trinajstić information content (AvgIpc) is 2.58. The minimum atomic E-state index is -0.576. The fraction of sp³-hybridized carbons (Fsp3) is 0.0952. The molecule has 3 rings (SSSR count). The molecule has 0 aliphatic carbocycles. The number of aryl methyl sites for hydroxylation is 2. The Morgan fingerprint density at radius 1 is 0.792 bits per heavy atom. The molecule has 0 heterocycles. The Labute approximate surface area is 140 Å². The van der Waals surface area contributed by atoms with E-state index in [1.54, 1.807) is 25.1 Å². The number of rotatable bonds is 3. The summed E-state index contributed by atoms with van der Waals surface area (Å²) in [6, 6.07) is 19.7. The summed E-state index contributed by atoms with van der Waals surface area (Å²) >= 11 is 0. The van der Waals surface area contributed by atoms with Gasteiger partial charge < -0.3 is 4.74 Å². The smallest absolute Gasteiger partial charge is 0.343 e. The summed E-state index contributed by atoms with van der Waals surface area (Å²) in [5, 5.41) is 0. The third kappa shape index (κ3) is 3.51. The molecule has 0 aromatic heterocycles. The molecule has 2 nitrogen and oxygen atoms in total. The van der Waals surface area contributed by atoms with Crippen molar-refractivity contribution < 1.29 is 13.9 Å². The van der Waals surface area contributed by atoms with Gasteiger partial charge in [-0.3, -0.25) is 0 Å². The van der Waals surface area contributed by atoms with E-state index in [2.05, 4.69) is 0 Å². The first-order valence-corrected chi connectivity index (χ1v) is 7.68. The van der Waals surface area contributed by atoms with Crippen molar-refractivity contribution in [1.29, 1.82) is 0 Å². The molecule has 0 saturated carbocycles. The number of halogens is 1. The standard InChI is InChI=1S/C21H17FO2/c1-14-3-6-16(7-4-14)17-8-10-18(11-9-17)21(23)24-20-12-5-15(2)13-19(20)22/h3-13H,1-2H3. The van der Waals surface area contributed by atoms with E-state index in [0.29, 0.717) is 5.56 Å². The van der Waals surface area contributed by atoms with Gasteiger partial charge >= 0.3 is 5.97 Å². The summed E-state index contributed by atoms with van der Waals surface area (Å²) in [4.78, 5) is 12.2. The predicted octanol–water partition coefficient (Wildman–Crippen LogP) is 5.33. The highest BCUT2D eigenvalue weighted by Gasteiger charge is 2.12. The zero-order valence-corrected chi connectivity index (χ0v) is 13.5. The molecule has 0 fully saturated rings. The Hall–Kier alpha value is -2.94. The summed E-state index contributed by atoms with van der Waals surface area (Å²) in [5.41, 5.74) is 4.43. The van der Waals surface area contributed by atoms with Gasteiger partial charge in [0.05, 0.1) is 5.56 Å². The molecule has 24 heavy (non-hydrogen) atoms. The SMILES string of the molecule is Cc1ccc(-c2ccc(C(=O)Oc3ccc(C)cc3F)cc2)cc1. The number of hydrogen-bond acceptors (Lipinski definition) is 2. The Morgan fingerprint density at radius 3 is 1.92 bits per heavy atom. The topological polar surface area (TPSA) is 26.3 Å². The predicted molar refractivity (Wildman–Crippen MR) is 92.7 cm³/mol. The van der Waals surface area contributed by atoms with Gasteiger partial charge in [-0.15, -0.1) is 0 Å². The van der Waals surface area contributed by atoms with Crippen LogP contribution < -0.4 is 4.74 Å². The normalized spacial score (nSPS) is 10.5. The number of carbonyl (C=O) groups is 1. The molecule has 120 valence electrons. The van der Waals surface area contributed by atoms with E-state index in [-0.39, 0.29) is 5.75 Å². The second-order valence-electron chi connectivity index (χ2n) is 5.77. The van der Waals surface area contributed by atoms with Crippen LogP contribution in [0, 0.1) is 19.7 Å². The van der Waals surface area contributed by atoms with Crippen LogP contribution >= 0.6 is 0 Å². The fourth-order valence-corrected chi connectivity index (χ4v) is 2.39. The minimum absolute atomic E-state index is 0.0618. The molecule has 3 aromatic rings. The number of esters is 1. The van der Waals surface area contributed by atoms with Gasteiger partial charge in [0.15, 0.2) is 11.6 Å². The van der Waals surface area contributed by atoms with E-state index in [1.807, 2.05) is 43.3 Å². The molecule has 0 saturated heterocycles. The third-order valence-electron chi connectivity index (χ3n) is 3.80. The van der Waals surface area contributed by atoms with Crippen molar-refractivity contribution in [2.45, 2.75) is 13.8 Å². The van der Waals surface area contributed by atoms with E-state index in [1.165, 1.54) is 17.7 Å². The average molecular weight is 320 g/mol. The molecule has 0 unspecified atom stereocenters. The Morgan fingerprint density at radius 2 is 1.33 bits per heavy atom. The van der Waals surface area contributed by atoms with Gasteiger partial charge in [-0.1, -0.05) is 48.0 Å². The number of carbonyl (C=O) groups excluding carboxylic acids is 1. The molecule has 0 N–H and O–H groups in total. The maximum atomic E-state index is 13.8. The molecular weight excluding hydrogens is 303 g/mol. The highest BCUT2D eigenvalue weighted by Crippen LogP contribution is 2.22. The lowest BCUT2D eigenvalue weighted by atomic mass is 10.0. The van der Waals surface area contributed by atoms with Gasteiger partial charge in [-0.25, -0.2) is 9.18 Å². The van der Waals surface area contributed by atoms with Crippen LogP contribution in [0.25, 0.3) is 11.1 Å². The summed E-state index contributed by atoms with van der Waals surface area (Å²) in [6.07, 6.45) is 0. The van der Waals surface area contributed by atoms with Crippen LogP contribution in [-0.2, 0) is 0 Å². The number of hydrogen-bond donors (Lipinski definition) is 0. The molecule has 0 aliphatic rings. The van der Waals surface area contributed by atoms with E-state index >= 15 is 0 Å². The maximum Gasteiger partial charge on any atom is 0.343 e. The highest BCUT2D eigenvalue weighted by molar-refractivity contribution is 5.91. The summed E-state index contributed by atoms with van der Waals surface area (Å²) in [5.74, 6) is -1.18. The molecule has 0 radical (unpaired) electrons. The first-order chi connectivity index (χ1) is 11.5. The van der Waals surface area contributed by atoms with Crippen molar-refractivity contribution >= 4 is 5.97 Å². The van der Waals surface area contributed by atoms with Crippen molar-refractivity contribution in [3.05, 3.63) is 89.2 Å². The van der Waals surface area contributed by atoms with Gasteiger partial charge in [0.2, 0.25) is 0 Å². The first-order valence-electron chi connectivity index (χ1n) is 7.68. The van der Waals surface area contributed by atoms with Crippen molar-refractivity contribution in [2.75, 3.05) is 0 Å². The first kappa shape index (κ1) is 15.9. The Bertz CT molecular complexity index is 865. The molecule has 0 atom stereocenters. The van der Waals surface area contributed by atoms with Gasteiger partial charge in [-0.2, -0.15) is 0 Å². The lowest BCUT2D eigenvalue weighted by molar-refractivity contribution is 0.0728. The number of benzene rings is 3. The van der Waals surface area contributed by atoms with Crippen LogP contribution in [0.5, 0.6) is 5.75 Å². The van der Waals surface area contributed by atoms with Crippen molar-refractivity contribution in [3.63, 3.8) is 0 Å². The molecule has 0 aliphatic heterocycles. The lowest BCUT2D eigenvalue weighted by Gasteiger charge is -2.07. The zero-order chi connectivity index (χ0) is 17.1. The summed E-state index contributed by atoms with van der Waals surface area (Å²) < 4.78 is 18.9. The van der Waals surface area contributed by atoms with Crippen molar-refractivity contribution in [1.82, 2.24) is 0 Å². The fourth-order valence-electron chi connectivity index (χ4n) is 2.39. The zero-order valence-electron chi connectivity index (χ0n) is 13.5. The van der Waals surface area contributed by atoms with Crippen molar-refractivity contribution in [3.8, 4) is 16.9 Å². The van der Waals surface area contributed by atoms with Crippen molar-refractivity contribution in [2.24, 2.45) is 0 Å². The van der Waals surface area contributed by atoms with E-state index in [9.17, 15) is 9.18 Å². The van der Waals surface area contributed by atoms with Gasteiger partial charge in [0.25, 0.3) is 0 Å². The highest BCUT2D eigenvalue weighted by atomic mass is 19.1. The van der Waals surface area contributed by atoms with Gasteiger partial charge in [0, 0.05) is 0 Å². The van der Waals surface area contributed by atoms with E-state index in [0.717, 1.165) is 16.7 Å². The van der Waals surface area contributed by atoms with E-state index in [4.69, 9.17) is 4.74 Å². The monoisotopic (exact) mass is 320 g/mol. The maximum absolute atomic E-state index is 13.8. The molecule has 3 heteroatoms. The largest absolute Gasteiger partial charge is 0.420 e. The summed E-state index contributed by atoms with van der Waals surface area (Å²) in [7, 11) is 0. The van der Waals surface area contributed by atoms with Gasteiger partial charge in [0.1, 0.15) is 0 Å². The lowest BCUT2D eigenvalue weighted by Crippen LogP contribution is -2.09. The summed E-state index contributed by atoms with van der Waals surface area (Å²) in [6.45, 7) is 3.81. The van der Waals surface area contributed by atoms with Crippen LogP contribution in [-0.4, -0.2) is 5.97 Å². The molecule has 0 bridgehead atoms. The second-order valence-corrected chi connectivity index (χ2v) is 5.77. The quantitative estimate of drug-likeness (QED) is 0.482. The molecular formula is C21H17FO2. The minimum Gasteiger partial charge on any atom is -0.420 e. The van der Waals surface area contributed by atoms with Crippen LogP contribution in [0.4, 0.5) is 4.39 Å². The van der Waals surface area contributed by atoms with Crippen LogP contribution in [0.3, 0.4) is 0 Å². The Kier molecular flexibility index (Phi) is 4.43.